The van der Waals surface area contributed by atoms with Gasteiger partial charge in [0.15, 0.2) is 0 Å². The Balaban J connectivity index is 2.67. The molecular formula is C8H13NO3. The Kier molecular flexibility index (Phi) is 2.78. The number of carbonyl (C=O) groups excluding carboxylic acids is 1. The molecule has 0 aromatic rings. The monoisotopic (exact) mass is 171 g/mol. The van der Waals surface area contributed by atoms with E-state index in [0.717, 1.165) is 12.8 Å². The zero-order chi connectivity index (χ0) is 9.14. The van der Waals surface area contributed by atoms with E-state index in [-0.39, 0.29) is 16.6 Å². The smallest absolute Gasteiger partial charge is 0.222 e. The number of carbonyl (C=O) groups is 1. The third-order valence-corrected chi connectivity index (χ3v) is 2.52. The van der Waals surface area contributed by atoms with Gasteiger partial charge in [0.05, 0.1) is 5.92 Å². The molecule has 1 aliphatic rings. The highest BCUT2D eigenvalue weighted by molar-refractivity contribution is 5.78. The zero-order valence-corrected chi connectivity index (χ0v) is 7.16. The van der Waals surface area contributed by atoms with Crippen LogP contribution in [0.5, 0.6) is 0 Å². The predicted molar refractivity (Wildman–Crippen MR) is 43.4 cm³/mol. The van der Waals surface area contributed by atoms with Crippen LogP contribution in [0.2, 0.25) is 0 Å². The first kappa shape index (κ1) is 9.16. The van der Waals surface area contributed by atoms with Crippen molar-refractivity contribution in [1.29, 1.82) is 0 Å². The van der Waals surface area contributed by atoms with Gasteiger partial charge in [0, 0.05) is 11.3 Å². The van der Waals surface area contributed by atoms with Crippen molar-refractivity contribution < 1.29 is 9.72 Å². The third-order valence-electron chi connectivity index (χ3n) is 2.52. The highest BCUT2D eigenvalue weighted by Gasteiger charge is 2.36. The molecule has 68 valence electrons. The maximum Gasteiger partial charge on any atom is 0.222 e. The number of nitrogens with zero attached hydrogens (tertiary/aromatic N) is 1. The quantitative estimate of drug-likeness (QED) is 0.466. The minimum absolute atomic E-state index is 0.0311. The van der Waals surface area contributed by atoms with Gasteiger partial charge >= 0.3 is 0 Å². The molecule has 0 radical (unpaired) electrons. The first-order valence-electron chi connectivity index (χ1n) is 4.27. The lowest BCUT2D eigenvalue weighted by molar-refractivity contribution is -0.532. The summed E-state index contributed by atoms with van der Waals surface area (Å²) in [7, 11) is 0. The highest BCUT2D eigenvalue weighted by atomic mass is 16.6. The van der Waals surface area contributed by atoms with E-state index in [4.69, 9.17) is 0 Å². The molecule has 0 aliphatic heterocycles. The Labute approximate surface area is 71.1 Å². The van der Waals surface area contributed by atoms with Crippen molar-refractivity contribution in [2.24, 2.45) is 5.92 Å². The summed E-state index contributed by atoms with van der Waals surface area (Å²) in [6.45, 7) is 1.45. The van der Waals surface area contributed by atoms with Crippen molar-refractivity contribution in [3.63, 3.8) is 0 Å². The summed E-state index contributed by atoms with van der Waals surface area (Å²) >= 11 is 0. The molecule has 0 bridgehead atoms. The topological polar surface area (TPSA) is 60.2 Å². The van der Waals surface area contributed by atoms with Crippen LogP contribution in [0.1, 0.15) is 32.6 Å². The van der Waals surface area contributed by atoms with Crippen LogP contribution in [0.15, 0.2) is 0 Å². The molecular weight excluding hydrogens is 158 g/mol. The molecule has 2 unspecified atom stereocenters. The van der Waals surface area contributed by atoms with E-state index in [1.165, 1.54) is 6.92 Å². The van der Waals surface area contributed by atoms with Gasteiger partial charge in [0.2, 0.25) is 6.04 Å². The lowest BCUT2D eigenvalue weighted by atomic mass is 9.82. The molecule has 1 saturated carbocycles. The minimum Gasteiger partial charge on any atom is -0.299 e. The van der Waals surface area contributed by atoms with E-state index in [0.29, 0.717) is 12.8 Å². The van der Waals surface area contributed by atoms with Crippen molar-refractivity contribution in [2.45, 2.75) is 38.6 Å². The fourth-order valence-corrected chi connectivity index (χ4v) is 1.84. The summed E-state index contributed by atoms with van der Waals surface area (Å²) in [5.41, 5.74) is 0. The molecule has 0 amide bonds. The van der Waals surface area contributed by atoms with Gasteiger partial charge in [-0.1, -0.05) is 6.42 Å². The SMILES string of the molecule is CC(=O)C1CCCCC1[N+](=O)[O-]. The van der Waals surface area contributed by atoms with Crippen molar-refractivity contribution in [3.05, 3.63) is 10.1 Å². The molecule has 2 atom stereocenters. The lowest BCUT2D eigenvalue weighted by Crippen LogP contribution is -2.36. The van der Waals surface area contributed by atoms with Gasteiger partial charge in [-0.15, -0.1) is 0 Å². The van der Waals surface area contributed by atoms with Gasteiger partial charge in [0.25, 0.3) is 0 Å². The Morgan fingerprint density at radius 1 is 1.42 bits per heavy atom. The largest absolute Gasteiger partial charge is 0.299 e. The first-order valence-corrected chi connectivity index (χ1v) is 4.27. The average molecular weight is 171 g/mol. The summed E-state index contributed by atoms with van der Waals surface area (Å²) in [5.74, 6) is -0.356. The van der Waals surface area contributed by atoms with Crippen molar-refractivity contribution >= 4 is 5.78 Å². The predicted octanol–water partition coefficient (Wildman–Crippen LogP) is 1.41. The second kappa shape index (κ2) is 3.65. The van der Waals surface area contributed by atoms with Crippen molar-refractivity contribution in [1.82, 2.24) is 0 Å². The summed E-state index contributed by atoms with van der Waals surface area (Å²) in [4.78, 5) is 21.2. The fraction of sp³-hybridized carbons (Fsp3) is 0.875. The summed E-state index contributed by atoms with van der Waals surface area (Å²) in [6.07, 6.45) is 3.10. The fourth-order valence-electron chi connectivity index (χ4n) is 1.84. The Morgan fingerprint density at radius 3 is 2.42 bits per heavy atom. The molecule has 4 heteroatoms. The highest BCUT2D eigenvalue weighted by Crippen LogP contribution is 2.26. The average Bonchev–Trinajstić information content (AvgIpc) is 2.04. The molecule has 4 nitrogen and oxygen atoms in total. The molecule has 0 heterocycles. The molecule has 0 N–H and O–H groups in total. The molecule has 0 spiro atoms. The second-order valence-corrected chi connectivity index (χ2v) is 3.35. The second-order valence-electron chi connectivity index (χ2n) is 3.35. The molecule has 0 saturated heterocycles. The van der Waals surface area contributed by atoms with Gasteiger partial charge in [-0.05, 0) is 19.8 Å². The lowest BCUT2D eigenvalue weighted by Gasteiger charge is -2.22. The molecule has 1 fully saturated rings. The van der Waals surface area contributed by atoms with E-state index in [1.807, 2.05) is 0 Å². The Hall–Kier alpha value is -0.930. The molecule has 12 heavy (non-hydrogen) atoms. The van der Waals surface area contributed by atoms with Gasteiger partial charge < -0.3 is 0 Å². The van der Waals surface area contributed by atoms with Gasteiger partial charge in [-0.3, -0.25) is 14.9 Å². The van der Waals surface area contributed by atoms with Crippen LogP contribution in [-0.4, -0.2) is 16.7 Å². The van der Waals surface area contributed by atoms with Crippen LogP contribution < -0.4 is 0 Å². The number of nitro groups is 1. The maximum atomic E-state index is 11.0. The van der Waals surface area contributed by atoms with Crippen LogP contribution in [0, 0.1) is 16.0 Å². The van der Waals surface area contributed by atoms with E-state index in [2.05, 4.69) is 0 Å². The molecule has 1 rings (SSSR count). The van der Waals surface area contributed by atoms with Crippen LogP contribution in [0.3, 0.4) is 0 Å². The zero-order valence-electron chi connectivity index (χ0n) is 7.16. The van der Waals surface area contributed by atoms with E-state index >= 15 is 0 Å². The summed E-state index contributed by atoms with van der Waals surface area (Å²) in [6, 6.07) is -0.615. The molecule has 0 aromatic carbocycles. The summed E-state index contributed by atoms with van der Waals surface area (Å²) < 4.78 is 0. The van der Waals surface area contributed by atoms with Crippen LogP contribution in [-0.2, 0) is 4.79 Å². The van der Waals surface area contributed by atoms with Gasteiger partial charge in [-0.25, -0.2) is 0 Å². The molecule has 1 aliphatic carbocycles. The number of Topliss-reactive ketones (excluding diaryl/α,β-unsaturated/α-hetero) is 1. The minimum atomic E-state index is -0.615. The van der Waals surface area contributed by atoms with Crippen LogP contribution in [0.25, 0.3) is 0 Å². The Bertz CT molecular complexity index is 180. The van der Waals surface area contributed by atoms with E-state index in [1.54, 1.807) is 0 Å². The Morgan fingerprint density at radius 2 is 2.00 bits per heavy atom. The van der Waals surface area contributed by atoms with E-state index in [9.17, 15) is 14.9 Å². The number of hydrogen-bond acceptors (Lipinski definition) is 3. The van der Waals surface area contributed by atoms with Crippen LogP contribution >= 0.6 is 0 Å². The van der Waals surface area contributed by atoms with Crippen molar-refractivity contribution in [3.8, 4) is 0 Å². The maximum absolute atomic E-state index is 11.0. The summed E-state index contributed by atoms with van der Waals surface area (Å²) in [5, 5.41) is 10.5. The number of ketones is 1. The normalized spacial score (nSPS) is 29.8. The molecule has 0 aromatic heterocycles. The van der Waals surface area contributed by atoms with Gasteiger partial charge in [-0.2, -0.15) is 0 Å². The standard InChI is InChI=1S/C8H13NO3/c1-6(10)7-4-2-3-5-8(7)9(11)12/h7-8H,2-5H2,1H3. The third kappa shape index (κ3) is 1.81. The van der Waals surface area contributed by atoms with E-state index < -0.39 is 6.04 Å². The van der Waals surface area contributed by atoms with Crippen LogP contribution in [0.4, 0.5) is 0 Å². The first-order chi connectivity index (χ1) is 5.63. The number of hydrogen-bond donors (Lipinski definition) is 0. The van der Waals surface area contributed by atoms with Gasteiger partial charge in [0.1, 0.15) is 5.78 Å². The van der Waals surface area contributed by atoms with Crippen molar-refractivity contribution in [2.75, 3.05) is 0 Å². The number of rotatable bonds is 2.